The van der Waals surface area contributed by atoms with Gasteiger partial charge in [0.2, 0.25) is 0 Å². The van der Waals surface area contributed by atoms with Gasteiger partial charge in [0.1, 0.15) is 11.9 Å². The molecule has 39 heavy (non-hydrogen) atoms. The molecule has 4 heterocycles. The number of nitrogens with zero attached hydrogens (tertiary/aromatic N) is 4. The number of benzene rings is 1. The molecule has 2 saturated heterocycles. The molecule has 1 atom stereocenters. The molecule has 10 heteroatoms. The van der Waals surface area contributed by atoms with Crippen molar-refractivity contribution in [1.82, 2.24) is 14.9 Å². The molecule has 2 aliphatic rings. The molecule has 7 nitrogen and oxygen atoms in total. The molecule has 1 N–H and O–H groups in total. The van der Waals surface area contributed by atoms with Crippen LogP contribution in [0.3, 0.4) is 0 Å². The maximum atomic E-state index is 13.0. The minimum absolute atomic E-state index is 0.00107. The molecule has 2 fully saturated rings. The van der Waals surface area contributed by atoms with Crippen molar-refractivity contribution in [2.24, 2.45) is 0 Å². The summed E-state index contributed by atoms with van der Waals surface area (Å²) in [5, 5.41) is 2.55. The average molecular weight is 540 g/mol. The molecule has 206 valence electrons. The first kappa shape index (κ1) is 26.9. The molecule has 2 aliphatic heterocycles. The largest absolute Gasteiger partial charge is 0.489 e. The number of carbonyl (C=O) groups excluding carboxylic acids is 1. The number of aryl methyl sites for hydroxylation is 1. The number of ether oxygens (including phenoxy) is 1. The van der Waals surface area contributed by atoms with Crippen LogP contribution in [-0.4, -0.2) is 60.1 Å². The predicted octanol–water partition coefficient (Wildman–Crippen LogP) is 5.52. The Bertz CT molecular complexity index is 1320. The summed E-state index contributed by atoms with van der Waals surface area (Å²) in [6.07, 6.45) is 4.13. The van der Waals surface area contributed by atoms with E-state index in [0.717, 1.165) is 80.3 Å². The Hall–Kier alpha value is -3.66. The monoisotopic (exact) mass is 539 g/mol. The van der Waals surface area contributed by atoms with Crippen LogP contribution in [0.15, 0.2) is 55.1 Å². The van der Waals surface area contributed by atoms with Gasteiger partial charge >= 0.3 is 6.18 Å². The van der Waals surface area contributed by atoms with E-state index in [-0.39, 0.29) is 17.7 Å². The number of alkyl halides is 3. The molecule has 0 saturated carbocycles. The molecule has 1 aromatic carbocycles. The van der Waals surface area contributed by atoms with Crippen LogP contribution in [0.1, 0.15) is 52.2 Å². The number of likely N-dealkylation sites (tertiary alicyclic amines) is 1. The summed E-state index contributed by atoms with van der Waals surface area (Å²) in [4.78, 5) is 25.5. The molecule has 0 aliphatic carbocycles. The van der Waals surface area contributed by atoms with E-state index in [1.807, 2.05) is 31.3 Å². The number of pyridine rings is 2. The van der Waals surface area contributed by atoms with Gasteiger partial charge in [0.25, 0.3) is 5.91 Å². The lowest BCUT2D eigenvalue weighted by Gasteiger charge is -2.29. The van der Waals surface area contributed by atoms with Crippen molar-refractivity contribution in [2.75, 3.05) is 43.4 Å². The molecule has 3 aromatic rings. The maximum absolute atomic E-state index is 13.0. The SMILES string of the molecule is Cc1ccc(C(=O)Nc2cncc(C(F)(F)F)c2)cc1[C@@H]1CCN(c2cncc(OC3CCN(C)CC3)c2)C1. The van der Waals surface area contributed by atoms with E-state index in [0.29, 0.717) is 5.56 Å². The van der Waals surface area contributed by atoms with Crippen molar-refractivity contribution in [3.63, 3.8) is 0 Å². The van der Waals surface area contributed by atoms with Gasteiger partial charge in [-0.3, -0.25) is 14.8 Å². The number of aromatic nitrogens is 2. The Labute approximate surface area is 226 Å². The summed E-state index contributed by atoms with van der Waals surface area (Å²) in [5.41, 5.74) is 2.61. The van der Waals surface area contributed by atoms with Gasteiger partial charge in [0, 0.05) is 49.9 Å². The number of carbonyl (C=O) groups is 1. The van der Waals surface area contributed by atoms with Crippen LogP contribution in [-0.2, 0) is 6.18 Å². The van der Waals surface area contributed by atoms with Gasteiger partial charge in [0.15, 0.2) is 0 Å². The van der Waals surface area contributed by atoms with Gasteiger partial charge < -0.3 is 19.9 Å². The fourth-order valence-electron chi connectivity index (χ4n) is 5.28. The highest BCUT2D eigenvalue weighted by Crippen LogP contribution is 2.34. The second kappa shape index (κ2) is 11.2. The number of amides is 1. The zero-order chi connectivity index (χ0) is 27.6. The summed E-state index contributed by atoms with van der Waals surface area (Å²) in [6.45, 7) is 5.67. The molecule has 0 unspecified atom stereocenters. The average Bonchev–Trinajstić information content (AvgIpc) is 3.40. The number of rotatable bonds is 6. The van der Waals surface area contributed by atoms with Gasteiger partial charge in [-0.05, 0) is 62.6 Å². The number of piperidine rings is 1. The van der Waals surface area contributed by atoms with Crippen LogP contribution in [0, 0.1) is 6.92 Å². The highest BCUT2D eigenvalue weighted by molar-refractivity contribution is 6.04. The lowest BCUT2D eigenvalue weighted by molar-refractivity contribution is -0.137. The number of hydrogen-bond acceptors (Lipinski definition) is 6. The van der Waals surface area contributed by atoms with Crippen molar-refractivity contribution in [1.29, 1.82) is 0 Å². The zero-order valence-electron chi connectivity index (χ0n) is 22.0. The molecule has 5 rings (SSSR count). The summed E-state index contributed by atoms with van der Waals surface area (Å²) < 4.78 is 45.3. The Morgan fingerprint density at radius 1 is 1.00 bits per heavy atom. The first-order valence-electron chi connectivity index (χ1n) is 13.1. The van der Waals surface area contributed by atoms with Crippen molar-refractivity contribution >= 4 is 17.3 Å². The van der Waals surface area contributed by atoms with Gasteiger partial charge in [-0.15, -0.1) is 0 Å². The second-order valence-electron chi connectivity index (χ2n) is 10.4. The Balaban J connectivity index is 1.25. The standard InChI is InChI=1S/C29H32F3N5O2/c1-19-3-4-20(28(38)35-23-12-22(14-33-15-23)29(30,31)32)11-27(19)21-5-10-37(18-21)24-13-26(17-34-16-24)39-25-6-8-36(2)9-7-25/h3-4,11-17,21,25H,5-10,18H2,1-2H3,(H,35,38)/t21-/m1/s1. The summed E-state index contributed by atoms with van der Waals surface area (Å²) in [7, 11) is 2.12. The normalized spacial score (nSPS) is 18.8. The van der Waals surface area contributed by atoms with E-state index in [9.17, 15) is 18.0 Å². The Morgan fingerprint density at radius 3 is 2.54 bits per heavy atom. The fraction of sp³-hybridized carbons (Fsp3) is 0.414. The van der Waals surface area contributed by atoms with Crippen LogP contribution in [0.5, 0.6) is 5.75 Å². The van der Waals surface area contributed by atoms with Crippen LogP contribution in [0.4, 0.5) is 24.5 Å². The van der Waals surface area contributed by atoms with E-state index in [1.165, 1.54) is 6.20 Å². The van der Waals surface area contributed by atoms with Gasteiger partial charge in [-0.25, -0.2) is 0 Å². The third-order valence-electron chi connectivity index (χ3n) is 7.53. The molecule has 1 amide bonds. The third-order valence-corrected chi connectivity index (χ3v) is 7.53. The molecule has 0 radical (unpaired) electrons. The first-order chi connectivity index (χ1) is 18.7. The minimum atomic E-state index is -4.53. The van der Waals surface area contributed by atoms with Crippen LogP contribution >= 0.6 is 0 Å². The highest BCUT2D eigenvalue weighted by atomic mass is 19.4. The molecule has 0 spiro atoms. The van der Waals surface area contributed by atoms with Crippen LogP contribution < -0.4 is 15.0 Å². The highest BCUT2D eigenvalue weighted by Gasteiger charge is 2.31. The fourth-order valence-corrected chi connectivity index (χ4v) is 5.28. The van der Waals surface area contributed by atoms with Gasteiger partial charge in [0.05, 0.1) is 35.5 Å². The van der Waals surface area contributed by atoms with Crippen LogP contribution in [0.25, 0.3) is 0 Å². The predicted molar refractivity (Wildman–Crippen MR) is 143 cm³/mol. The van der Waals surface area contributed by atoms with E-state index in [4.69, 9.17) is 4.74 Å². The topological polar surface area (TPSA) is 70.6 Å². The molecular weight excluding hydrogens is 507 g/mol. The molecule has 0 bridgehead atoms. The smallest absolute Gasteiger partial charge is 0.417 e. The minimum Gasteiger partial charge on any atom is -0.489 e. The molecular formula is C29H32F3N5O2. The summed E-state index contributed by atoms with van der Waals surface area (Å²) >= 11 is 0. The number of hydrogen-bond donors (Lipinski definition) is 1. The zero-order valence-corrected chi connectivity index (χ0v) is 22.0. The summed E-state index contributed by atoms with van der Waals surface area (Å²) in [6, 6.07) is 8.35. The van der Waals surface area contributed by atoms with Gasteiger partial charge in [-0.2, -0.15) is 13.2 Å². The Morgan fingerprint density at radius 2 is 1.77 bits per heavy atom. The van der Waals surface area contributed by atoms with E-state index in [1.54, 1.807) is 12.3 Å². The quantitative estimate of drug-likeness (QED) is 0.445. The van der Waals surface area contributed by atoms with E-state index < -0.39 is 17.6 Å². The number of nitrogens with one attached hydrogen (secondary N) is 1. The first-order valence-corrected chi connectivity index (χ1v) is 13.1. The second-order valence-corrected chi connectivity index (χ2v) is 10.4. The summed E-state index contributed by atoms with van der Waals surface area (Å²) in [5.74, 6) is 0.506. The van der Waals surface area contributed by atoms with E-state index >= 15 is 0 Å². The number of halogens is 3. The Kier molecular flexibility index (Phi) is 7.74. The maximum Gasteiger partial charge on any atom is 0.417 e. The van der Waals surface area contributed by atoms with Crippen molar-refractivity contribution in [3.8, 4) is 5.75 Å². The van der Waals surface area contributed by atoms with Crippen LogP contribution in [0.2, 0.25) is 0 Å². The van der Waals surface area contributed by atoms with E-state index in [2.05, 4.69) is 32.1 Å². The lowest BCUT2D eigenvalue weighted by Crippen LogP contribution is -2.35. The van der Waals surface area contributed by atoms with Crippen molar-refractivity contribution in [3.05, 3.63) is 77.4 Å². The van der Waals surface area contributed by atoms with Crippen molar-refractivity contribution in [2.45, 2.75) is 44.4 Å². The lowest BCUT2D eigenvalue weighted by atomic mass is 9.92. The van der Waals surface area contributed by atoms with Gasteiger partial charge in [-0.1, -0.05) is 6.07 Å². The molecule has 2 aromatic heterocycles. The number of anilines is 2. The third kappa shape index (κ3) is 6.50. The van der Waals surface area contributed by atoms with Crippen molar-refractivity contribution < 1.29 is 22.7 Å².